The summed E-state index contributed by atoms with van der Waals surface area (Å²) in [5.74, 6) is 1.96. The van der Waals surface area contributed by atoms with Gasteiger partial charge in [0, 0.05) is 33.8 Å². The Morgan fingerprint density at radius 2 is 0.938 bits per heavy atom. The number of aromatic nitrogens is 4. The number of para-hydroxylation sites is 1. The maximum absolute atomic E-state index is 5.03. The smallest absolute Gasteiger partial charge is 0.164 e. The van der Waals surface area contributed by atoms with Gasteiger partial charge in [0.2, 0.25) is 0 Å². The molecule has 48 heavy (non-hydrogen) atoms. The summed E-state index contributed by atoms with van der Waals surface area (Å²) in [6.07, 6.45) is 4.22. The van der Waals surface area contributed by atoms with E-state index in [2.05, 4.69) is 124 Å². The summed E-state index contributed by atoms with van der Waals surface area (Å²) in [4.78, 5) is 19.6. The zero-order chi connectivity index (χ0) is 32.9. The van der Waals surface area contributed by atoms with E-state index in [4.69, 9.17) is 15.0 Å². The van der Waals surface area contributed by atoms with Crippen molar-refractivity contribution in [3.63, 3.8) is 0 Å². The molecule has 4 nitrogen and oxygen atoms in total. The third-order valence-corrected chi connectivity index (χ3v) is 10.1. The third kappa shape index (κ3) is 5.37. The molecule has 0 N–H and O–H groups in total. The van der Waals surface area contributed by atoms with Crippen LogP contribution in [0.3, 0.4) is 0 Å². The SMILES string of the molecule is CC1(C)CCC(C)(C)c2c(-c3ccc(-c4nc(-c5ccccc5)nc(-c5ccc(-c6cccc7cccnc67)cc5)n4)cc3)cccc21. The van der Waals surface area contributed by atoms with Gasteiger partial charge in [-0.05, 0) is 57.6 Å². The maximum atomic E-state index is 5.03. The lowest BCUT2D eigenvalue weighted by Gasteiger charge is -2.43. The zero-order valence-corrected chi connectivity index (χ0v) is 27.9. The van der Waals surface area contributed by atoms with Crippen molar-refractivity contribution in [3.05, 3.63) is 145 Å². The Kier molecular flexibility index (Phi) is 7.25. The summed E-state index contributed by atoms with van der Waals surface area (Å²) in [7, 11) is 0. The first-order chi connectivity index (χ1) is 23.3. The van der Waals surface area contributed by atoms with Gasteiger partial charge in [0.05, 0.1) is 5.52 Å². The largest absolute Gasteiger partial charge is 0.256 e. The molecule has 4 heteroatoms. The second-order valence-electron chi connectivity index (χ2n) is 14.2. The minimum Gasteiger partial charge on any atom is -0.256 e. The normalized spacial score (nSPS) is 14.8. The zero-order valence-electron chi connectivity index (χ0n) is 27.9. The van der Waals surface area contributed by atoms with Crippen molar-refractivity contribution >= 4 is 10.9 Å². The molecule has 234 valence electrons. The second-order valence-corrected chi connectivity index (χ2v) is 14.2. The van der Waals surface area contributed by atoms with Gasteiger partial charge < -0.3 is 0 Å². The van der Waals surface area contributed by atoms with Crippen molar-refractivity contribution in [2.24, 2.45) is 0 Å². The van der Waals surface area contributed by atoms with Gasteiger partial charge in [0.15, 0.2) is 17.5 Å². The molecule has 7 aromatic rings. The van der Waals surface area contributed by atoms with Crippen molar-refractivity contribution in [1.82, 2.24) is 19.9 Å². The Balaban J connectivity index is 1.19. The Bertz CT molecular complexity index is 2260. The van der Waals surface area contributed by atoms with Crippen LogP contribution in [0.1, 0.15) is 51.7 Å². The van der Waals surface area contributed by atoms with E-state index in [0.29, 0.717) is 17.5 Å². The lowest BCUT2D eigenvalue weighted by atomic mass is 9.61. The van der Waals surface area contributed by atoms with Crippen LogP contribution in [0.4, 0.5) is 0 Å². The molecule has 0 bridgehead atoms. The molecule has 1 aliphatic carbocycles. The van der Waals surface area contributed by atoms with Crippen molar-refractivity contribution in [2.75, 3.05) is 0 Å². The molecule has 8 rings (SSSR count). The Morgan fingerprint density at radius 3 is 1.58 bits per heavy atom. The van der Waals surface area contributed by atoms with Gasteiger partial charge in [-0.1, -0.05) is 149 Å². The highest BCUT2D eigenvalue weighted by atomic mass is 15.0. The van der Waals surface area contributed by atoms with E-state index in [9.17, 15) is 0 Å². The first kappa shape index (κ1) is 29.9. The van der Waals surface area contributed by atoms with Crippen LogP contribution in [-0.4, -0.2) is 19.9 Å². The molecule has 0 aliphatic heterocycles. The van der Waals surface area contributed by atoms with Crippen molar-refractivity contribution < 1.29 is 0 Å². The van der Waals surface area contributed by atoms with Crippen molar-refractivity contribution in [3.8, 4) is 56.4 Å². The number of hydrogen-bond donors (Lipinski definition) is 0. The maximum Gasteiger partial charge on any atom is 0.164 e. The van der Waals surface area contributed by atoms with Gasteiger partial charge in [-0.2, -0.15) is 0 Å². The van der Waals surface area contributed by atoms with Crippen LogP contribution in [0, 0.1) is 0 Å². The lowest BCUT2D eigenvalue weighted by molar-refractivity contribution is 0.333. The summed E-state index contributed by atoms with van der Waals surface area (Å²) in [5.41, 5.74) is 11.8. The van der Waals surface area contributed by atoms with Crippen LogP contribution >= 0.6 is 0 Å². The molecule has 0 unspecified atom stereocenters. The fraction of sp³-hybridized carbons (Fsp3) is 0.182. The van der Waals surface area contributed by atoms with Crippen LogP contribution in [0.2, 0.25) is 0 Å². The second kappa shape index (κ2) is 11.6. The van der Waals surface area contributed by atoms with Crippen molar-refractivity contribution in [2.45, 2.75) is 51.4 Å². The topological polar surface area (TPSA) is 51.6 Å². The van der Waals surface area contributed by atoms with E-state index in [1.807, 2.05) is 42.6 Å². The van der Waals surface area contributed by atoms with E-state index in [0.717, 1.165) is 38.7 Å². The molecule has 0 atom stereocenters. The molecule has 0 saturated carbocycles. The lowest BCUT2D eigenvalue weighted by Crippen LogP contribution is -2.34. The monoisotopic (exact) mass is 622 g/mol. The summed E-state index contributed by atoms with van der Waals surface area (Å²) >= 11 is 0. The van der Waals surface area contributed by atoms with Gasteiger partial charge >= 0.3 is 0 Å². The molecule has 0 radical (unpaired) electrons. The van der Waals surface area contributed by atoms with Crippen molar-refractivity contribution in [1.29, 1.82) is 0 Å². The first-order valence-electron chi connectivity index (χ1n) is 16.8. The number of nitrogens with zero attached hydrogens (tertiary/aromatic N) is 4. The molecular weight excluding hydrogens is 585 g/mol. The van der Waals surface area contributed by atoms with Crippen LogP contribution in [0.5, 0.6) is 0 Å². The number of rotatable bonds is 5. The summed E-state index contributed by atoms with van der Waals surface area (Å²) in [6, 6.07) is 44.5. The highest BCUT2D eigenvalue weighted by Crippen LogP contribution is 2.49. The molecule has 0 spiro atoms. The average Bonchev–Trinajstić information content (AvgIpc) is 3.13. The molecule has 5 aromatic carbocycles. The van der Waals surface area contributed by atoms with Gasteiger partial charge in [-0.25, -0.2) is 15.0 Å². The summed E-state index contributed by atoms with van der Waals surface area (Å²) in [5, 5.41) is 1.12. The molecular formula is C44H38N4. The molecule has 0 fully saturated rings. The minimum atomic E-state index is 0.119. The fourth-order valence-corrected chi connectivity index (χ4v) is 7.26. The Morgan fingerprint density at radius 1 is 0.438 bits per heavy atom. The van der Waals surface area contributed by atoms with E-state index in [1.54, 1.807) is 0 Å². The van der Waals surface area contributed by atoms with Gasteiger partial charge in [0.1, 0.15) is 0 Å². The van der Waals surface area contributed by atoms with E-state index in [-0.39, 0.29) is 10.8 Å². The van der Waals surface area contributed by atoms with Crippen LogP contribution in [-0.2, 0) is 10.8 Å². The predicted molar refractivity (Wildman–Crippen MR) is 198 cm³/mol. The Labute approximate surface area is 282 Å². The number of benzene rings is 5. The molecule has 0 saturated heterocycles. The highest BCUT2D eigenvalue weighted by Gasteiger charge is 2.38. The number of pyridine rings is 1. The first-order valence-corrected chi connectivity index (χ1v) is 16.8. The summed E-state index contributed by atoms with van der Waals surface area (Å²) < 4.78 is 0. The third-order valence-electron chi connectivity index (χ3n) is 10.1. The summed E-state index contributed by atoms with van der Waals surface area (Å²) in [6.45, 7) is 9.54. The predicted octanol–water partition coefficient (Wildman–Crippen LogP) is 11.1. The number of fused-ring (bicyclic) bond motifs is 2. The molecule has 2 heterocycles. The van der Waals surface area contributed by atoms with Gasteiger partial charge in [-0.3, -0.25) is 4.98 Å². The van der Waals surface area contributed by atoms with E-state index < -0.39 is 0 Å². The standard InChI is InChI=1S/C44H38N4/c1-43(2)26-27-44(3,4)38-35(15-9-17-37(38)43)29-18-22-33(23-19-29)41-46-40(32-11-6-5-7-12-32)47-42(48-41)34-24-20-30(21-25-34)36-16-8-13-31-14-10-28-45-39(31)36/h5-25,28H,26-27H2,1-4H3. The van der Waals surface area contributed by atoms with E-state index >= 15 is 0 Å². The molecule has 0 amide bonds. The quantitative estimate of drug-likeness (QED) is 0.192. The number of hydrogen-bond acceptors (Lipinski definition) is 4. The minimum absolute atomic E-state index is 0.119. The van der Waals surface area contributed by atoms with Gasteiger partial charge in [-0.15, -0.1) is 0 Å². The van der Waals surface area contributed by atoms with Crippen LogP contribution in [0.25, 0.3) is 67.3 Å². The highest BCUT2D eigenvalue weighted by molar-refractivity contribution is 5.93. The van der Waals surface area contributed by atoms with Crippen LogP contribution in [0.15, 0.2) is 134 Å². The Hall–Kier alpha value is -5.48. The average molecular weight is 623 g/mol. The molecule has 2 aromatic heterocycles. The van der Waals surface area contributed by atoms with E-state index in [1.165, 1.54) is 35.1 Å². The van der Waals surface area contributed by atoms with Crippen LogP contribution < -0.4 is 0 Å². The molecule has 1 aliphatic rings. The van der Waals surface area contributed by atoms with Gasteiger partial charge in [0.25, 0.3) is 0 Å². The fourth-order valence-electron chi connectivity index (χ4n) is 7.26.